The van der Waals surface area contributed by atoms with E-state index in [-0.39, 0.29) is 11.6 Å². The summed E-state index contributed by atoms with van der Waals surface area (Å²) in [6.45, 7) is 2.35. The van der Waals surface area contributed by atoms with Crippen LogP contribution in [0.5, 0.6) is 0 Å². The number of carbonyl (C=O) groups is 1. The molecule has 94 valence electrons. The summed E-state index contributed by atoms with van der Waals surface area (Å²) in [5.74, 6) is 5.27. The van der Waals surface area contributed by atoms with Crippen LogP contribution in [0.4, 0.5) is 5.82 Å². The fraction of sp³-hybridized carbons (Fsp3) is 0.200. The molecule has 7 nitrogen and oxygen atoms in total. The van der Waals surface area contributed by atoms with Crippen LogP contribution in [0.25, 0.3) is 0 Å². The van der Waals surface area contributed by atoms with Crippen LogP contribution in [0.1, 0.15) is 20.4 Å². The first kappa shape index (κ1) is 12.4. The van der Waals surface area contributed by atoms with E-state index in [2.05, 4.69) is 25.9 Å². The molecule has 2 heterocycles. The molecule has 8 heteroatoms. The van der Waals surface area contributed by atoms with Crippen molar-refractivity contribution in [3.8, 4) is 0 Å². The average Bonchev–Trinajstić information content (AvgIpc) is 2.82. The average molecular weight is 264 g/mol. The first-order valence-corrected chi connectivity index (χ1v) is 6.00. The van der Waals surface area contributed by atoms with Crippen LogP contribution in [-0.2, 0) is 6.54 Å². The highest BCUT2D eigenvalue weighted by Crippen LogP contribution is 2.10. The highest BCUT2D eigenvalue weighted by atomic mass is 32.1. The Morgan fingerprint density at radius 1 is 1.44 bits per heavy atom. The quantitative estimate of drug-likeness (QED) is 0.547. The molecule has 0 aliphatic rings. The van der Waals surface area contributed by atoms with Gasteiger partial charge in [-0.15, -0.1) is 21.5 Å². The lowest BCUT2D eigenvalue weighted by Gasteiger charge is -2.02. The summed E-state index contributed by atoms with van der Waals surface area (Å²) in [5.41, 5.74) is 2.58. The van der Waals surface area contributed by atoms with Crippen LogP contribution in [-0.4, -0.2) is 21.1 Å². The van der Waals surface area contributed by atoms with Gasteiger partial charge in [0, 0.05) is 11.1 Å². The Morgan fingerprint density at radius 2 is 2.28 bits per heavy atom. The summed E-state index contributed by atoms with van der Waals surface area (Å²) in [4.78, 5) is 17.0. The van der Waals surface area contributed by atoms with E-state index in [1.807, 2.05) is 6.92 Å². The number of nitrogen functional groups attached to an aromatic ring is 1. The second kappa shape index (κ2) is 5.52. The highest BCUT2D eigenvalue weighted by molar-refractivity contribution is 7.11. The number of nitrogens with two attached hydrogens (primary N) is 1. The zero-order chi connectivity index (χ0) is 13.0. The molecule has 0 radical (unpaired) electrons. The van der Waals surface area contributed by atoms with Gasteiger partial charge in [0.2, 0.25) is 0 Å². The molecule has 4 N–H and O–H groups in total. The SMILES string of the molecule is Cc1cnc(CNC(=O)c2ccc(NN)nn2)s1. The molecule has 2 rings (SSSR count). The van der Waals surface area contributed by atoms with Crippen molar-refractivity contribution in [2.75, 3.05) is 5.43 Å². The number of amides is 1. The minimum Gasteiger partial charge on any atom is -0.344 e. The topological polar surface area (TPSA) is 106 Å². The predicted molar refractivity (Wildman–Crippen MR) is 67.9 cm³/mol. The van der Waals surface area contributed by atoms with E-state index in [0.29, 0.717) is 12.4 Å². The van der Waals surface area contributed by atoms with Gasteiger partial charge in [0.1, 0.15) is 5.01 Å². The maximum Gasteiger partial charge on any atom is 0.272 e. The van der Waals surface area contributed by atoms with Gasteiger partial charge in [-0.1, -0.05) is 0 Å². The number of rotatable bonds is 4. The van der Waals surface area contributed by atoms with Crippen LogP contribution in [0.15, 0.2) is 18.3 Å². The minimum atomic E-state index is -0.293. The number of hydrogen-bond acceptors (Lipinski definition) is 7. The number of carbonyl (C=O) groups excluding carboxylic acids is 1. The molecule has 0 atom stereocenters. The zero-order valence-corrected chi connectivity index (χ0v) is 10.5. The number of nitrogens with one attached hydrogen (secondary N) is 2. The van der Waals surface area contributed by atoms with Gasteiger partial charge >= 0.3 is 0 Å². The van der Waals surface area contributed by atoms with Crippen LogP contribution in [0.3, 0.4) is 0 Å². The molecule has 2 aromatic heterocycles. The summed E-state index contributed by atoms with van der Waals surface area (Å²) in [5, 5.41) is 11.0. The Morgan fingerprint density at radius 3 is 2.83 bits per heavy atom. The van der Waals surface area contributed by atoms with E-state index in [9.17, 15) is 4.79 Å². The summed E-state index contributed by atoms with van der Waals surface area (Å²) < 4.78 is 0. The number of aryl methyl sites for hydroxylation is 1. The Bertz CT molecular complexity index is 538. The number of nitrogens with zero attached hydrogens (tertiary/aromatic N) is 3. The van der Waals surface area contributed by atoms with E-state index in [4.69, 9.17) is 5.84 Å². The second-order valence-electron chi connectivity index (χ2n) is 3.50. The Balaban J connectivity index is 1.94. The molecule has 0 aliphatic carbocycles. The fourth-order valence-electron chi connectivity index (χ4n) is 1.26. The lowest BCUT2D eigenvalue weighted by Crippen LogP contribution is -2.24. The minimum absolute atomic E-state index is 0.238. The molecule has 18 heavy (non-hydrogen) atoms. The van der Waals surface area contributed by atoms with Crippen molar-refractivity contribution in [1.29, 1.82) is 0 Å². The molecule has 0 aliphatic heterocycles. The standard InChI is InChI=1S/C10H12N6OS/c1-6-4-12-9(18-6)5-13-10(17)7-2-3-8(14-11)16-15-7/h2-4H,5,11H2,1H3,(H,13,17)(H,14,16). The Hall–Kier alpha value is -2.06. The van der Waals surface area contributed by atoms with E-state index in [1.165, 1.54) is 0 Å². The maximum absolute atomic E-state index is 11.7. The molecule has 0 unspecified atom stereocenters. The summed E-state index contributed by atoms with van der Waals surface area (Å²) >= 11 is 1.54. The zero-order valence-electron chi connectivity index (χ0n) is 9.67. The molecule has 0 aromatic carbocycles. The van der Waals surface area contributed by atoms with Gasteiger partial charge in [-0.25, -0.2) is 10.8 Å². The van der Waals surface area contributed by atoms with Crippen molar-refractivity contribution < 1.29 is 4.79 Å². The molecular weight excluding hydrogens is 252 g/mol. The van der Waals surface area contributed by atoms with Crippen LogP contribution < -0.4 is 16.6 Å². The summed E-state index contributed by atoms with van der Waals surface area (Å²) in [7, 11) is 0. The van der Waals surface area contributed by atoms with E-state index >= 15 is 0 Å². The molecule has 0 fully saturated rings. The van der Waals surface area contributed by atoms with Crippen LogP contribution >= 0.6 is 11.3 Å². The largest absolute Gasteiger partial charge is 0.344 e. The molecule has 0 bridgehead atoms. The molecular formula is C10H12N6OS. The maximum atomic E-state index is 11.7. The lowest BCUT2D eigenvalue weighted by molar-refractivity contribution is 0.0945. The van der Waals surface area contributed by atoms with E-state index in [0.717, 1.165) is 9.88 Å². The predicted octanol–water partition coefficient (Wildman–Crippen LogP) is 0.457. The van der Waals surface area contributed by atoms with Gasteiger partial charge in [0.05, 0.1) is 6.54 Å². The smallest absolute Gasteiger partial charge is 0.272 e. The van der Waals surface area contributed by atoms with E-state index < -0.39 is 0 Å². The molecule has 1 amide bonds. The lowest BCUT2D eigenvalue weighted by atomic mass is 10.3. The van der Waals surface area contributed by atoms with Crippen LogP contribution in [0.2, 0.25) is 0 Å². The molecule has 0 saturated carbocycles. The fourth-order valence-corrected chi connectivity index (χ4v) is 1.99. The number of anilines is 1. The van der Waals surface area contributed by atoms with Crippen molar-refractivity contribution in [3.63, 3.8) is 0 Å². The summed E-state index contributed by atoms with van der Waals surface area (Å²) in [6, 6.07) is 3.13. The third kappa shape index (κ3) is 2.99. The monoisotopic (exact) mass is 264 g/mol. The normalized spacial score (nSPS) is 10.1. The third-order valence-electron chi connectivity index (χ3n) is 2.11. The van der Waals surface area contributed by atoms with Crippen molar-refractivity contribution in [1.82, 2.24) is 20.5 Å². The van der Waals surface area contributed by atoms with Crippen molar-refractivity contribution in [2.24, 2.45) is 5.84 Å². The second-order valence-corrected chi connectivity index (χ2v) is 4.81. The molecule has 2 aromatic rings. The van der Waals surface area contributed by atoms with Gasteiger partial charge in [0.15, 0.2) is 11.5 Å². The van der Waals surface area contributed by atoms with E-state index in [1.54, 1.807) is 29.7 Å². The number of hydrogen-bond donors (Lipinski definition) is 3. The highest BCUT2D eigenvalue weighted by Gasteiger charge is 2.08. The van der Waals surface area contributed by atoms with Crippen molar-refractivity contribution in [3.05, 3.63) is 33.9 Å². The van der Waals surface area contributed by atoms with Gasteiger partial charge in [0.25, 0.3) is 5.91 Å². The summed E-state index contributed by atoms with van der Waals surface area (Å²) in [6.07, 6.45) is 1.77. The molecule has 0 saturated heterocycles. The third-order valence-corrected chi connectivity index (χ3v) is 3.03. The van der Waals surface area contributed by atoms with Gasteiger partial charge in [-0.2, -0.15) is 0 Å². The molecule has 0 spiro atoms. The number of thiazole rings is 1. The van der Waals surface area contributed by atoms with Crippen molar-refractivity contribution >= 4 is 23.1 Å². The van der Waals surface area contributed by atoms with Gasteiger partial charge < -0.3 is 10.7 Å². The first-order valence-electron chi connectivity index (χ1n) is 5.19. The van der Waals surface area contributed by atoms with Gasteiger partial charge in [-0.3, -0.25) is 4.79 Å². The Kier molecular flexibility index (Phi) is 3.80. The Labute approximate surface area is 107 Å². The van der Waals surface area contributed by atoms with Crippen LogP contribution in [0, 0.1) is 6.92 Å². The number of aromatic nitrogens is 3. The number of hydrazine groups is 1. The van der Waals surface area contributed by atoms with Gasteiger partial charge in [-0.05, 0) is 19.1 Å². The van der Waals surface area contributed by atoms with Crippen molar-refractivity contribution in [2.45, 2.75) is 13.5 Å². The first-order chi connectivity index (χ1) is 8.69.